The lowest BCUT2D eigenvalue weighted by atomic mass is 10.4. The van der Waals surface area contributed by atoms with Crippen LogP contribution in [0.2, 0.25) is 0 Å². The lowest BCUT2D eigenvalue weighted by molar-refractivity contribution is -0.117. The number of aromatic nitrogens is 4. The van der Waals surface area contributed by atoms with Gasteiger partial charge in [0, 0.05) is 12.7 Å². The zero-order valence-corrected chi connectivity index (χ0v) is 11.5. The number of ether oxygens (including phenoxy) is 2. The van der Waals surface area contributed by atoms with Crippen LogP contribution in [-0.2, 0) is 21.3 Å². The Morgan fingerprint density at radius 2 is 2.24 bits per heavy atom. The molecule has 0 fully saturated rings. The van der Waals surface area contributed by atoms with E-state index in [1.54, 1.807) is 10.7 Å². The Hall–Kier alpha value is -2.84. The molecule has 0 aliphatic carbocycles. The molecule has 3 heterocycles. The number of nitrogens with one attached hydrogen (secondary N) is 1. The minimum absolute atomic E-state index is 0.0339. The Balaban J connectivity index is 1.73. The summed E-state index contributed by atoms with van der Waals surface area (Å²) in [4.78, 5) is 11.8. The van der Waals surface area contributed by atoms with Gasteiger partial charge in [0.15, 0.2) is 0 Å². The van der Waals surface area contributed by atoms with E-state index in [-0.39, 0.29) is 17.7 Å². The van der Waals surface area contributed by atoms with Gasteiger partial charge in [-0.05, 0) is 13.0 Å². The molecular weight excluding hydrogens is 278 g/mol. The standard InChI is InChI=1S/C12H13N5O4/c1-7-5-8(16-17(7)2)11-14-15-12(21-11)13-10(18)9-6-19-3-4-20-9/h5-6H,3-4H2,1-2H3,(H,13,15,18). The maximum atomic E-state index is 11.8. The molecule has 0 saturated carbocycles. The van der Waals surface area contributed by atoms with Gasteiger partial charge < -0.3 is 13.9 Å². The van der Waals surface area contributed by atoms with Crippen molar-refractivity contribution in [1.82, 2.24) is 20.0 Å². The second-order valence-electron chi connectivity index (χ2n) is 4.36. The molecule has 0 spiro atoms. The van der Waals surface area contributed by atoms with Crippen LogP contribution in [0, 0.1) is 6.92 Å². The Morgan fingerprint density at radius 3 is 2.90 bits per heavy atom. The molecule has 110 valence electrons. The quantitative estimate of drug-likeness (QED) is 0.883. The van der Waals surface area contributed by atoms with E-state index in [1.807, 2.05) is 14.0 Å². The van der Waals surface area contributed by atoms with E-state index in [0.717, 1.165) is 5.69 Å². The predicted molar refractivity (Wildman–Crippen MR) is 69.9 cm³/mol. The summed E-state index contributed by atoms with van der Waals surface area (Å²) in [5, 5.41) is 14.2. The van der Waals surface area contributed by atoms with E-state index in [1.165, 1.54) is 6.26 Å². The molecule has 0 unspecified atom stereocenters. The summed E-state index contributed by atoms with van der Waals surface area (Å²) in [6.07, 6.45) is 1.25. The van der Waals surface area contributed by atoms with Crippen LogP contribution in [0.15, 0.2) is 22.5 Å². The van der Waals surface area contributed by atoms with Crippen LogP contribution in [0.4, 0.5) is 6.01 Å². The lowest BCUT2D eigenvalue weighted by Gasteiger charge is -2.13. The van der Waals surface area contributed by atoms with Crippen LogP contribution in [0.3, 0.4) is 0 Å². The highest BCUT2D eigenvalue weighted by atomic mass is 16.6. The number of carbonyl (C=O) groups is 1. The van der Waals surface area contributed by atoms with E-state index in [0.29, 0.717) is 18.9 Å². The summed E-state index contributed by atoms with van der Waals surface area (Å²) < 4.78 is 17.2. The highest BCUT2D eigenvalue weighted by Crippen LogP contribution is 2.19. The van der Waals surface area contributed by atoms with Gasteiger partial charge in [-0.15, -0.1) is 5.10 Å². The van der Waals surface area contributed by atoms with Gasteiger partial charge in [-0.25, -0.2) is 0 Å². The topological polar surface area (TPSA) is 104 Å². The van der Waals surface area contributed by atoms with Crippen molar-refractivity contribution < 1.29 is 18.7 Å². The molecule has 0 bridgehead atoms. The van der Waals surface area contributed by atoms with Crippen LogP contribution in [-0.4, -0.2) is 39.1 Å². The number of hydrogen-bond acceptors (Lipinski definition) is 7. The lowest BCUT2D eigenvalue weighted by Crippen LogP contribution is -2.21. The maximum absolute atomic E-state index is 11.8. The number of rotatable bonds is 3. The Bertz CT molecular complexity index is 683. The molecule has 2 aromatic rings. The van der Waals surface area contributed by atoms with Crippen LogP contribution in [0.25, 0.3) is 11.6 Å². The van der Waals surface area contributed by atoms with Gasteiger partial charge in [0.25, 0.3) is 11.8 Å². The minimum Gasteiger partial charge on any atom is -0.494 e. The highest BCUT2D eigenvalue weighted by Gasteiger charge is 2.19. The normalized spacial score (nSPS) is 14.1. The number of aryl methyl sites for hydroxylation is 2. The number of hydrogen-bond donors (Lipinski definition) is 1. The third-order valence-corrected chi connectivity index (χ3v) is 2.85. The van der Waals surface area contributed by atoms with Crippen molar-refractivity contribution in [2.75, 3.05) is 18.5 Å². The molecule has 1 N–H and O–H groups in total. The van der Waals surface area contributed by atoms with E-state index < -0.39 is 5.91 Å². The van der Waals surface area contributed by atoms with Crippen molar-refractivity contribution >= 4 is 11.9 Å². The van der Waals surface area contributed by atoms with Gasteiger partial charge >= 0.3 is 6.01 Å². The maximum Gasteiger partial charge on any atom is 0.322 e. The second-order valence-corrected chi connectivity index (χ2v) is 4.36. The first kappa shape index (κ1) is 13.2. The summed E-state index contributed by atoms with van der Waals surface area (Å²) in [7, 11) is 1.81. The Morgan fingerprint density at radius 1 is 1.38 bits per heavy atom. The molecule has 9 heteroatoms. The summed E-state index contributed by atoms with van der Waals surface area (Å²) in [6.45, 7) is 2.64. The van der Waals surface area contributed by atoms with E-state index in [2.05, 4.69) is 20.6 Å². The molecule has 0 aromatic carbocycles. The molecule has 0 radical (unpaired) electrons. The first-order chi connectivity index (χ1) is 10.1. The van der Waals surface area contributed by atoms with Gasteiger partial charge in [-0.3, -0.25) is 14.8 Å². The Labute approximate surface area is 119 Å². The van der Waals surface area contributed by atoms with E-state index in [9.17, 15) is 4.79 Å². The summed E-state index contributed by atoms with van der Waals surface area (Å²) in [5.41, 5.74) is 1.49. The van der Waals surface area contributed by atoms with Crippen molar-refractivity contribution in [1.29, 1.82) is 0 Å². The zero-order valence-electron chi connectivity index (χ0n) is 11.5. The van der Waals surface area contributed by atoms with E-state index in [4.69, 9.17) is 13.9 Å². The van der Waals surface area contributed by atoms with Gasteiger partial charge in [-0.2, -0.15) is 5.10 Å². The molecule has 0 atom stereocenters. The third kappa shape index (κ3) is 2.71. The summed E-state index contributed by atoms with van der Waals surface area (Å²) >= 11 is 0. The number of nitrogens with zero attached hydrogens (tertiary/aromatic N) is 4. The van der Waals surface area contributed by atoms with Gasteiger partial charge in [0.05, 0.1) is 0 Å². The van der Waals surface area contributed by atoms with Crippen molar-refractivity contribution in [3.63, 3.8) is 0 Å². The Kier molecular flexibility index (Phi) is 3.30. The molecule has 9 nitrogen and oxygen atoms in total. The second kappa shape index (κ2) is 5.27. The third-order valence-electron chi connectivity index (χ3n) is 2.85. The average molecular weight is 291 g/mol. The first-order valence-electron chi connectivity index (χ1n) is 6.24. The van der Waals surface area contributed by atoms with Crippen molar-refractivity contribution in [2.24, 2.45) is 7.05 Å². The molecule has 0 saturated heterocycles. The monoisotopic (exact) mass is 291 g/mol. The smallest absolute Gasteiger partial charge is 0.322 e. The van der Waals surface area contributed by atoms with Crippen LogP contribution in [0.1, 0.15) is 5.69 Å². The fourth-order valence-corrected chi connectivity index (χ4v) is 1.69. The molecular formula is C12H13N5O4. The predicted octanol–water partition coefficient (Wildman–Crippen LogP) is 0.605. The molecule has 3 rings (SSSR count). The largest absolute Gasteiger partial charge is 0.494 e. The van der Waals surface area contributed by atoms with Gasteiger partial charge in [0.1, 0.15) is 25.2 Å². The van der Waals surface area contributed by atoms with Gasteiger partial charge in [0.2, 0.25) is 5.76 Å². The highest BCUT2D eigenvalue weighted by molar-refractivity contribution is 6.00. The minimum atomic E-state index is -0.512. The SMILES string of the molecule is Cc1cc(-c2nnc(NC(=O)C3=COCCO3)o2)nn1C. The number of carbonyl (C=O) groups excluding carboxylic acids is 1. The number of anilines is 1. The van der Waals surface area contributed by atoms with Crippen molar-refractivity contribution in [2.45, 2.75) is 6.92 Å². The molecule has 21 heavy (non-hydrogen) atoms. The molecule has 1 amide bonds. The van der Waals surface area contributed by atoms with Crippen molar-refractivity contribution in [3.8, 4) is 11.6 Å². The summed E-state index contributed by atoms with van der Waals surface area (Å²) in [6, 6.07) is 1.77. The van der Waals surface area contributed by atoms with Crippen LogP contribution < -0.4 is 5.32 Å². The summed E-state index contributed by atoms with van der Waals surface area (Å²) in [5.74, 6) is -0.222. The molecule has 1 aliphatic heterocycles. The fourth-order valence-electron chi connectivity index (χ4n) is 1.69. The van der Waals surface area contributed by atoms with Crippen LogP contribution in [0.5, 0.6) is 0 Å². The van der Waals surface area contributed by atoms with Crippen molar-refractivity contribution in [3.05, 3.63) is 23.8 Å². The zero-order chi connectivity index (χ0) is 14.8. The number of amides is 1. The molecule has 2 aromatic heterocycles. The van der Waals surface area contributed by atoms with Crippen LogP contribution >= 0.6 is 0 Å². The van der Waals surface area contributed by atoms with Gasteiger partial charge in [-0.1, -0.05) is 5.10 Å². The average Bonchev–Trinajstić information content (AvgIpc) is 3.07. The fraction of sp³-hybridized carbons (Fsp3) is 0.333. The first-order valence-corrected chi connectivity index (χ1v) is 6.24. The molecule has 1 aliphatic rings. The van der Waals surface area contributed by atoms with E-state index >= 15 is 0 Å².